The van der Waals surface area contributed by atoms with Crippen molar-refractivity contribution < 1.29 is 0 Å². The first kappa shape index (κ1) is 13.1. The molecule has 1 N–H and O–H groups in total. The van der Waals surface area contributed by atoms with E-state index in [2.05, 4.69) is 31.7 Å². The number of rotatable bonds is 4. The van der Waals surface area contributed by atoms with Crippen LogP contribution in [-0.4, -0.2) is 31.3 Å². The van der Waals surface area contributed by atoms with Gasteiger partial charge < -0.3 is 5.32 Å². The van der Waals surface area contributed by atoms with Crippen LogP contribution in [0, 0.1) is 6.92 Å². The molecule has 3 heterocycles. The highest BCUT2D eigenvalue weighted by molar-refractivity contribution is 7.18. The van der Waals surface area contributed by atoms with Crippen molar-refractivity contribution in [2.45, 2.75) is 13.3 Å². The summed E-state index contributed by atoms with van der Waals surface area (Å²) < 4.78 is 2.97. The van der Waals surface area contributed by atoms with E-state index in [0.29, 0.717) is 0 Å². The zero-order chi connectivity index (χ0) is 14.9. The Morgan fingerprint density at radius 3 is 2.95 bits per heavy atom. The molecule has 4 aromatic rings. The van der Waals surface area contributed by atoms with Gasteiger partial charge in [0, 0.05) is 13.0 Å². The maximum Gasteiger partial charge on any atom is 0.178 e. The first-order valence-electron chi connectivity index (χ1n) is 7.07. The lowest BCUT2D eigenvalue weighted by Gasteiger charge is -2.04. The van der Waals surface area contributed by atoms with Gasteiger partial charge in [-0.3, -0.25) is 0 Å². The molecule has 0 atom stereocenters. The number of aryl methyl sites for hydroxylation is 1. The van der Waals surface area contributed by atoms with E-state index in [1.807, 2.05) is 37.3 Å². The van der Waals surface area contributed by atoms with Gasteiger partial charge in [-0.05, 0) is 31.2 Å². The van der Waals surface area contributed by atoms with E-state index in [0.717, 1.165) is 40.8 Å². The SMILES string of the molecule is Cc1nnc2ccc(NCCc3nc4ccccc4s3)nn12. The number of nitrogens with one attached hydrogen (secondary N) is 1. The average molecular weight is 310 g/mol. The predicted octanol–water partition coefficient (Wildman–Crippen LogP) is 2.70. The largest absolute Gasteiger partial charge is 0.368 e. The van der Waals surface area contributed by atoms with E-state index in [-0.39, 0.29) is 0 Å². The normalized spacial score (nSPS) is 11.3. The number of hydrogen-bond acceptors (Lipinski definition) is 6. The van der Waals surface area contributed by atoms with Crippen molar-refractivity contribution >= 4 is 33.0 Å². The zero-order valence-electron chi connectivity index (χ0n) is 12.0. The fraction of sp³-hybridized carbons (Fsp3) is 0.200. The fourth-order valence-electron chi connectivity index (χ4n) is 2.31. The Balaban J connectivity index is 1.46. The summed E-state index contributed by atoms with van der Waals surface area (Å²) in [7, 11) is 0. The number of hydrogen-bond donors (Lipinski definition) is 1. The Bertz CT molecular complexity index is 908. The summed E-state index contributed by atoms with van der Waals surface area (Å²) in [6, 6.07) is 12.0. The molecule has 22 heavy (non-hydrogen) atoms. The molecule has 0 fully saturated rings. The molecular formula is C15H14N6S. The lowest BCUT2D eigenvalue weighted by atomic mass is 10.3. The van der Waals surface area contributed by atoms with E-state index in [1.54, 1.807) is 15.9 Å². The Hall–Kier alpha value is -2.54. The molecule has 1 aromatic carbocycles. The van der Waals surface area contributed by atoms with Crippen LogP contribution in [0.25, 0.3) is 15.9 Å². The van der Waals surface area contributed by atoms with Crippen molar-refractivity contribution in [1.82, 2.24) is 24.8 Å². The van der Waals surface area contributed by atoms with Gasteiger partial charge in [-0.25, -0.2) is 4.98 Å². The molecule has 7 heteroatoms. The van der Waals surface area contributed by atoms with Crippen LogP contribution in [0.1, 0.15) is 10.8 Å². The van der Waals surface area contributed by atoms with Gasteiger partial charge in [-0.1, -0.05) is 12.1 Å². The third-order valence-electron chi connectivity index (χ3n) is 3.40. The zero-order valence-corrected chi connectivity index (χ0v) is 12.8. The van der Waals surface area contributed by atoms with Crippen molar-refractivity contribution in [2.75, 3.05) is 11.9 Å². The summed E-state index contributed by atoms with van der Waals surface area (Å²) in [5, 5.41) is 17.0. The molecule has 0 aliphatic rings. The van der Waals surface area contributed by atoms with Gasteiger partial charge in [-0.15, -0.1) is 26.6 Å². The maximum absolute atomic E-state index is 4.63. The Kier molecular flexibility index (Phi) is 3.19. The first-order valence-corrected chi connectivity index (χ1v) is 7.89. The van der Waals surface area contributed by atoms with Crippen LogP contribution in [0.4, 0.5) is 5.82 Å². The van der Waals surface area contributed by atoms with Crippen molar-refractivity contribution in [3.8, 4) is 0 Å². The minimum atomic E-state index is 0.759. The minimum absolute atomic E-state index is 0.759. The van der Waals surface area contributed by atoms with E-state index >= 15 is 0 Å². The van der Waals surface area contributed by atoms with Crippen LogP contribution >= 0.6 is 11.3 Å². The first-order chi connectivity index (χ1) is 10.8. The number of anilines is 1. The second-order valence-corrected chi connectivity index (χ2v) is 6.10. The third-order valence-corrected chi connectivity index (χ3v) is 4.50. The summed E-state index contributed by atoms with van der Waals surface area (Å²) in [5.74, 6) is 1.60. The number of para-hydroxylation sites is 1. The standard InChI is InChI=1S/C15H14N6S/c1-10-18-19-14-7-6-13(20-21(10)14)16-9-8-15-17-11-4-2-3-5-12(11)22-15/h2-7H,8-9H2,1H3,(H,16,20). The second-order valence-electron chi connectivity index (χ2n) is 4.99. The molecule has 4 rings (SSSR count). The summed E-state index contributed by atoms with van der Waals surface area (Å²) in [6.45, 7) is 2.68. The van der Waals surface area contributed by atoms with Crippen molar-refractivity contribution in [3.05, 3.63) is 47.2 Å². The molecule has 0 aliphatic carbocycles. The van der Waals surface area contributed by atoms with Crippen LogP contribution in [0.15, 0.2) is 36.4 Å². The average Bonchev–Trinajstić information content (AvgIpc) is 3.11. The molecule has 0 saturated heterocycles. The van der Waals surface area contributed by atoms with Crippen LogP contribution < -0.4 is 5.32 Å². The molecular weight excluding hydrogens is 296 g/mol. The maximum atomic E-state index is 4.63. The summed E-state index contributed by atoms with van der Waals surface area (Å²) in [4.78, 5) is 4.63. The lowest BCUT2D eigenvalue weighted by Crippen LogP contribution is -2.08. The molecule has 0 radical (unpaired) electrons. The van der Waals surface area contributed by atoms with Gasteiger partial charge in [-0.2, -0.15) is 4.52 Å². The van der Waals surface area contributed by atoms with Gasteiger partial charge in [0.15, 0.2) is 11.5 Å². The van der Waals surface area contributed by atoms with Gasteiger partial charge >= 0.3 is 0 Å². The highest BCUT2D eigenvalue weighted by atomic mass is 32.1. The van der Waals surface area contributed by atoms with Gasteiger partial charge in [0.1, 0.15) is 5.82 Å². The predicted molar refractivity (Wildman–Crippen MR) is 87.3 cm³/mol. The smallest absolute Gasteiger partial charge is 0.178 e. The van der Waals surface area contributed by atoms with Crippen LogP contribution in [0.5, 0.6) is 0 Å². The highest BCUT2D eigenvalue weighted by Gasteiger charge is 2.05. The van der Waals surface area contributed by atoms with Crippen molar-refractivity contribution in [1.29, 1.82) is 0 Å². The molecule has 110 valence electrons. The molecule has 0 aliphatic heterocycles. The minimum Gasteiger partial charge on any atom is -0.368 e. The number of nitrogens with zero attached hydrogens (tertiary/aromatic N) is 5. The molecule has 3 aromatic heterocycles. The summed E-state index contributed by atoms with van der Waals surface area (Å²) in [5.41, 5.74) is 1.83. The number of aromatic nitrogens is 5. The second kappa shape index (κ2) is 5.34. The van der Waals surface area contributed by atoms with Crippen molar-refractivity contribution in [2.24, 2.45) is 0 Å². The monoisotopic (exact) mass is 310 g/mol. The van der Waals surface area contributed by atoms with Crippen molar-refractivity contribution in [3.63, 3.8) is 0 Å². The van der Waals surface area contributed by atoms with E-state index in [9.17, 15) is 0 Å². The molecule has 6 nitrogen and oxygen atoms in total. The molecule has 0 spiro atoms. The number of benzene rings is 1. The third kappa shape index (κ3) is 2.39. The van der Waals surface area contributed by atoms with Crippen LogP contribution in [0.3, 0.4) is 0 Å². The molecule has 0 amide bonds. The van der Waals surface area contributed by atoms with E-state index < -0.39 is 0 Å². The lowest BCUT2D eigenvalue weighted by molar-refractivity contribution is 0.867. The Labute approximate surface area is 130 Å². The van der Waals surface area contributed by atoms with Crippen LogP contribution in [-0.2, 0) is 6.42 Å². The van der Waals surface area contributed by atoms with Gasteiger partial charge in [0.05, 0.1) is 15.2 Å². The van der Waals surface area contributed by atoms with Gasteiger partial charge in [0.25, 0.3) is 0 Å². The molecule has 0 bridgehead atoms. The summed E-state index contributed by atoms with van der Waals surface area (Å²) >= 11 is 1.74. The number of thiazole rings is 1. The van der Waals surface area contributed by atoms with Crippen LogP contribution in [0.2, 0.25) is 0 Å². The Morgan fingerprint density at radius 2 is 2.05 bits per heavy atom. The van der Waals surface area contributed by atoms with Gasteiger partial charge in [0.2, 0.25) is 0 Å². The number of fused-ring (bicyclic) bond motifs is 2. The summed E-state index contributed by atoms with van der Waals surface area (Å²) in [6.07, 6.45) is 0.875. The van der Waals surface area contributed by atoms with E-state index in [1.165, 1.54) is 4.70 Å². The molecule has 0 unspecified atom stereocenters. The topological polar surface area (TPSA) is 68.0 Å². The quantitative estimate of drug-likeness (QED) is 0.627. The van der Waals surface area contributed by atoms with E-state index in [4.69, 9.17) is 0 Å². The molecule has 0 saturated carbocycles. The highest BCUT2D eigenvalue weighted by Crippen LogP contribution is 2.21. The fourth-order valence-corrected chi connectivity index (χ4v) is 3.28. The Morgan fingerprint density at radius 1 is 1.14 bits per heavy atom.